The molecule has 0 spiro atoms. The average molecular weight is 644 g/mol. The summed E-state index contributed by atoms with van der Waals surface area (Å²) >= 11 is 19.8. The Hall–Kier alpha value is -3.56. The Morgan fingerprint density at radius 1 is 1.07 bits per heavy atom. The number of hydrogen-bond acceptors (Lipinski definition) is 7. The van der Waals surface area contributed by atoms with Gasteiger partial charge in [0.25, 0.3) is 5.56 Å². The number of hydrogen-bond donors (Lipinski definition) is 0. The summed E-state index contributed by atoms with van der Waals surface area (Å²) < 4.78 is 18.8. The third kappa shape index (κ3) is 5.99. The molecule has 0 amide bonds. The second-order valence-electron chi connectivity index (χ2n) is 9.27. The fraction of sp³-hybridized carbons (Fsp3) is 0.194. The second-order valence-corrected chi connectivity index (χ2v) is 11.5. The first kappa shape index (κ1) is 29.9. The van der Waals surface area contributed by atoms with Crippen molar-refractivity contribution in [2.24, 2.45) is 4.99 Å². The minimum absolute atomic E-state index is 0.100. The predicted octanol–water partition coefficient (Wildman–Crippen LogP) is 6.35. The van der Waals surface area contributed by atoms with Crippen LogP contribution in [0.5, 0.6) is 11.5 Å². The molecule has 216 valence electrons. The van der Waals surface area contributed by atoms with Crippen molar-refractivity contribution in [3.63, 3.8) is 0 Å². The second kappa shape index (κ2) is 12.8. The number of carbonyl (C=O) groups excluding carboxylic acids is 1. The highest BCUT2D eigenvalue weighted by Crippen LogP contribution is 2.37. The van der Waals surface area contributed by atoms with E-state index >= 15 is 0 Å². The lowest BCUT2D eigenvalue weighted by Crippen LogP contribution is -2.39. The Bertz CT molecular complexity index is 1860. The van der Waals surface area contributed by atoms with Crippen molar-refractivity contribution >= 4 is 58.2 Å². The Morgan fingerprint density at radius 2 is 1.79 bits per heavy atom. The maximum atomic E-state index is 13.9. The molecule has 0 N–H and O–H groups in total. The fourth-order valence-corrected chi connectivity index (χ4v) is 6.68. The third-order valence-corrected chi connectivity index (χ3v) is 8.33. The molecule has 1 aromatic heterocycles. The highest BCUT2D eigenvalue weighted by molar-refractivity contribution is 7.07. The number of nitrogens with zero attached hydrogens (tertiary/aromatic N) is 2. The van der Waals surface area contributed by atoms with Crippen molar-refractivity contribution in [1.29, 1.82) is 0 Å². The van der Waals surface area contributed by atoms with Crippen LogP contribution >= 0.6 is 46.1 Å². The molecule has 0 radical (unpaired) electrons. The zero-order valence-electron chi connectivity index (χ0n) is 22.8. The third-order valence-electron chi connectivity index (χ3n) is 6.57. The number of thiazole rings is 1. The molecule has 0 saturated carbocycles. The molecule has 42 heavy (non-hydrogen) atoms. The first-order valence-electron chi connectivity index (χ1n) is 12.9. The van der Waals surface area contributed by atoms with Gasteiger partial charge in [-0.2, -0.15) is 0 Å². The van der Waals surface area contributed by atoms with Crippen LogP contribution in [0, 0.1) is 0 Å². The van der Waals surface area contributed by atoms with Crippen molar-refractivity contribution < 1.29 is 19.0 Å². The molecule has 11 heteroatoms. The SMILES string of the molecule is CCOC(=O)C1=C(C)N=c2s/c(=C/c3ccc(OC)c(COc4c(Cl)cc(Cl)cc4Cl)c3)c(=O)n2[C@@H]1c1ccccc1. The van der Waals surface area contributed by atoms with E-state index in [1.807, 2.05) is 42.5 Å². The minimum Gasteiger partial charge on any atom is -0.496 e. The first-order valence-corrected chi connectivity index (χ1v) is 14.9. The summed E-state index contributed by atoms with van der Waals surface area (Å²) in [7, 11) is 1.56. The molecule has 1 aliphatic heterocycles. The van der Waals surface area contributed by atoms with Crippen LogP contribution in [0.2, 0.25) is 15.1 Å². The van der Waals surface area contributed by atoms with E-state index in [2.05, 4.69) is 4.99 Å². The van der Waals surface area contributed by atoms with E-state index in [0.717, 1.165) is 11.1 Å². The number of benzene rings is 3. The van der Waals surface area contributed by atoms with Crippen molar-refractivity contribution in [3.8, 4) is 11.5 Å². The highest BCUT2D eigenvalue weighted by Gasteiger charge is 2.33. The molecule has 0 aliphatic carbocycles. The quantitative estimate of drug-likeness (QED) is 0.209. The lowest BCUT2D eigenvalue weighted by molar-refractivity contribution is -0.139. The molecular weight excluding hydrogens is 619 g/mol. The van der Waals surface area contributed by atoms with Crippen LogP contribution < -0.4 is 24.4 Å². The van der Waals surface area contributed by atoms with Gasteiger partial charge in [-0.05, 0) is 55.3 Å². The Labute approximate surface area is 260 Å². The molecule has 0 bridgehead atoms. The van der Waals surface area contributed by atoms with Crippen LogP contribution in [0.25, 0.3) is 6.08 Å². The van der Waals surface area contributed by atoms with Crippen LogP contribution in [-0.4, -0.2) is 24.3 Å². The van der Waals surface area contributed by atoms with Gasteiger partial charge in [-0.3, -0.25) is 9.36 Å². The standard InChI is InChI=1S/C31H25Cl3N2O5S/c1-4-40-30(38)26-17(2)35-31-36(27(26)19-8-6-5-7-9-19)29(37)25(42-31)13-18-10-11-24(39-3)20(12-18)16-41-28-22(33)14-21(32)15-23(28)34/h5-15,27H,4,16H2,1-3H3/b25-13+/t27-/m1/s1. The Morgan fingerprint density at radius 3 is 2.45 bits per heavy atom. The molecule has 1 atom stereocenters. The summed E-state index contributed by atoms with van der Waals surface area (Å²) in [6.07, 6.45) is 1.78. The molecule has 0 unspecified atom stereocenters. The van der Waals surface area contributed by atoms with Crippen molar-refractivity contribution in [2.75, 3.05) is 13.7 Å². The van der Waals surface area contributed by atoms with E-state index < -0.39 is 12.0 Å². The van der Waals surface area contributed by atoms with E-state index in [1.54, 1.807) is 49.8 Å². The van der Waals surface area contributed by atoms with Gasteiger partial charge in [-0.1, -0.05) is 82.5 Å². The monoisotopic (exact) mass is 642 g/mol. The lowest BCUT2D eigenvalue weighted by Gasteiger charge is -2.24. The average Bonchev–Trinajstić information content (AvgIpc) is 3.26. The highest BCUT2D eigenvalue weighted by atomic mass is 35.5. The number of fused-ring (bicyclic) bond motifs is 1. The van der Waals surface area contributed by atoms with Gasteiger partial charge >= 0.3 is 5.97 Å². The first-order chi connectivity index (χ1) is 20.2. The van der Waals surface area contributed by atoms with Gasteiger partial charge in [0.15, 0.2) is 10.6 Å². The van der Waals surface area contributed by atoms with Gasteiger partial charge in [0.1, 0.15) is 12.4 Å². The Balaban J connectivity index is 1.56. The summed E-state index contributed by atoms with van der Waals surface area (Å²) in [4.78, 5) is 32.0. The largest absolute Gasteiger partial charge is 0.496 e. The van der Waals surface area contributed by atoms with E-state index in [1.165, 1.54) is 11.3 Å². The number of ether oxygens (including phenoxy) is 3. The molecule has 0 saturated heterocycles. The van der Waals surface area contributed by atoms with Gasteiger partial charge in [0.2, 0.25) is 0 Å². The van der Waals surface area contributed by atoms with Crippen LogP contribution in [0.4, 0.5) is 0 Å². The van der Waals surface area contributed by atoms with Crippen molar-refractivity contribution in [3.05, 3.63) is 123 Å². The molecule has 2 heterocycles. The van der Waals surface area contributed by atoms with E-state index in [4.69, 9.17) is 49.0 Å². The topological polar surface area (TPSA) is 79.1 Å². The van der Waals surface area contributed by atoms with Gasteiger partial charge in [-0.15, -0.1) is 0 Å². The Kier molecular flexibility index (Phi) is 9.08. The maximum absolute atomic E-state index is 13.9. The maximum Gasteiger partial charge on any atom is 0.338 e. The van der Waals surface area contributed by atoms with Crippen molar-refractivity contribution in [1.82, 2.24) is 4.57 Å². The normalized spacial score (nSPS) is 14.8. The lowest BCUT2D eigenvalue weighted by atomic mass is 9.96. The number of rotatable bonds is 8. The molecule has 5 rings (SSSR count). The summed E-state index contributed by atoms with van der Waals surface area (Å²) in [5.41, 5.74) is 2.82. The summed E-state index contributed by atoms with van der Waals surface area (Å²) in [5.74, 6) is 0.397. The number of esters is 1. The van der Waals surface area contributed by atoms with Gasteiger partial charge in [0.05, 0.1) is 45.6 Å². The summed E-state index contributed by atoms with van der Waals surface area (Å²) in [5, 5.41) is 0.973. The number of methoxy groups -OCH3 is 1. The fourth-order valence-electron chi connectivity index (χ4n) is 4.71. The van der Waals surface area contributed by atoms with Crippen LogP contribution in [0.1, 0.15) is 36.6 Å². The summed E-state index contributed by atoms with van der Waals surface area (Å²) in [6.45, 7) is 3.81. The molecule has 1 aliphatic rings. The van der Waals surface area contributed by atoms with Crippen molar-refractivity contribution in [2.45, 2.75) is 26.5 Å². The number of aromatic nitrogens is 1. The molecule has 3 aromatic carbocycles. The number of carbonyl (C=O) groups is 1. The smallest absolute Gasteiger partial charge is 0.338 e. The van der Waals surface area contributed by atoms with E-state index in [0.29, 0.717) is 42.7 Å². The molecule has 4 aromatic rings. The number of halogens is 3. The zero-order chi connectivity index (χ0) is 30.0. The van der Waals surface area contributed by atoms with Crippen LogP contribution in [-0.2, 0) is 16.1 Å². The van der Waals surface area contributed by atoms with Gasteiger partial charge in [-0.25, -0.2) is 9.79 Å². The van der Waals surface area contributed by atoms with E-state index in [9.17, 15) is 9.59 Å². The zero-order valence-corrected chi connectivity index (χ0v) is 25.9. The minimum atomic E-state index is -0.669. The summed E-state index contributed by atoms with van der Waals surface area (Å²) in [6, 6.07) is 17.3. The van der Waals surface area contributed by atoms with Crippen LogP contribution in [0.15, 0.2) is 81.7 Å². The molecule has 0 fully saturated rings. The van der Waals surface area contributed by atoms with Gasteiger partial charge in [0, 0.05) is 10.6 Å². The molecular formula is C31H25Cl3N2O5S. The van der Waals surface area contributed by atoms with Crippen LogP contribution in [0.3, 0.4) is 0 Å². The number of allylic oxidation sites excluding steroid dienone is 1. The van der Waals surface area contributed by atoms with E-state index in [-0.39, 0.29) is 28.8 Å². The van der Waals surface area contributed by atoms with Gasteiger partial charge < -0.3 is 14.2 Å². The molecule has 7 nitrogen and oxygen atoms in total. The predicted molar refractivity (Wildman–Crippen MR) is 166 cm³/mol.